The predicted octanol–water partition coefficient (Wildman–Crippen LogP) is 3.82. The van der Waals surface area contributed by atoms with Crippen LogP contribution in [-0.2, 0) is 14.3 Å². The van der Waals surface area contributed by atoms with Crippen molar-refractivity contribution in [1.82, 2.24) is 0 Å². The van der Waals surface area contributed by atoms with Gasteiger partial charge in [0.2, 0.25) is 0 Å². The molecule has 1 aliphatic carbocycles. The summed E-state index contributed by atoms with van der Waals surface area (Å²) < 4.78 is 5.69. The topological polar surface area (TPSA) is 63.6 Å². The van der Waals surface area contributed by atoms with E-state index in [0.717, 1.165) is 5.56 Å². The summed E-state index contributed by atoms with van der Waals surface area (Å²) in [6.45, 7) is 1.99. The molecule has 1 aliphatic heterocycles. The van der Waals surface area contributed by atoms with E-state index in [4.69, 9.17) is 4.74 Å². The van der Waals surface area contributed by atoms with Crippen molar-refractivity contribution in [3.63, 3.8) is 0 Å². The molecule has 3 rings (SSSR count). The number of benzene rings is 1. The number of Topliss-reactive ketones (excluding diaryl/α,β-unsaturated/α-hetero) is 1. The maximum absolute atomic E-state index is 12.6. The zero-order valence-corrected chi connectivity index (χ0v) is 13.4. The molecule has 1 N–H and O–H groups in total. The van der Waals surface area contributed by atoms with Gasteiger partial charge in [0, 0.05) is 25.2 Å². The van der Waals surface area contributed by atoms with Crippen LogP contribution in [0.3, 0.4) is 0 Å². The number of hydrogen-bond acceptors (Lipinski definition) is 4. The lowest BCUT2D eigenvalue weighted by Crippen LogP contribution is -2.44. The van der Waals surface area contributed by atoms with E-state index >= 15 is 0 Å². The first-order chi connectivity index (χ1) is 11.0. The van der Waals surface area contributed by atoms with Crippen molar-refractivity contribution in [2.24, 2.45) is 0 Å². The van der Waals surface area contributed by atoms with Gasteiger partial charge in [-0.05, 0) is 24.8 Å². The van der Waals surface area contributed by atoms with Gasteiger partial charge in [0.1, 0.15) is 17.1 Å². The molecule has 4 nitrogen and oxygen atoms in total. The molecule has 2 atom stereocenters. The molecule has 0 amide bonds. The minimum atomic E-state index is -0.824. The summed E-state index contributed by atoms with van der Waals surface area (Å²) in [5.74, 6) is -0.457. The molecule has 1 spiro atoms. The van der Waals surface area contributed by atoms with Crippen molar-refractivity contribution in [2.45, 2.75) is 57.0 Å². The number of ketones is 1. The highest BCUT2D eigenvalue weighted by molar-refractivity contribution is 5.93. The Hall–Kier alpha value is -2.10. The van der Waals surface area contributed by atoms with Gasteiger partial charge in [-0.15, -0.1) is 0 Å². The van der Waals surface area contributed by atoms with E-state index in [9.17, 15) is 14.7 Å². The molecule has 1 fully saturated rings. The second-order valence-electron chi connectivity index (χ2n) is 6.55. The Labute approximate surface area is 136 Å². The lowest BCUT2D eigenvalue weighted by molar-refractivity contribution is -0.164. The van der Waals surface area contributed by atoms with E-state index in [-0.39, 0.29) is 30.3 Å². The Bertz CT molecular complexity index is 647. The summed E-state index contributed by atoms with van der Waals surface area (Å²) in [6, 6.07) is 9.68. The molecule has 0 radical (unpaired) electrons. The van der Waals surface area contributed by atoms with Gasteiger partial charge in [0.15, 0.2) is 0 Å². The number of esters is 1. The van der Waals surface area contributed by atoms with Gasteiger partial charge >= 0.3 is 5.97 Å². The van der Waals surface area contributed by atoms with Crippen LogP contribution in [0.4, 0.5) is 0 Å². The van der Waals surface area contributed by atoms with Crippen molar-refractivity contribution in [2.75, 3.05) is 0 Å². The van der Waals surface area contributed by atoms with Gasteiger partial charge in [-0.1, -0.05) is 37.3 Å². The Morgan fingerprint density at radius 2 is 1.96 bits per heavy atom. The fraction of sp³-hybridized carbons (Fsp3) is 0.474. The first-order valence-electron chi connectivity index (χ1n) is 8.26. The van der Waals surface area contributed by atoms with Gasteiger partial charge in [0.25, 0.3) is 0 Å². The van der Waals surface area contributed by atoms with E-state index in [1.54, 1.807) is 0 Å². The zero-order valence-electron chi connectivity index (χ0n) is 13.4. The normalized spacial score (nSPS) is 26.3. The summed E-state index contributed by atoms with van der Waals surface area (Å²) in [6.07, 6.45) is 3.07. The van der Waals surface area contributed by atoms with Gasteiger partial charge in [0.05, 0.1) is 5.57 Å². The van der Waals surface area contributed by atoms with Crippen LogP contribution >= 0.6 is 0 Å². The highest BCUT2D eigenvalue weighted by atomic mass is 16.6. The van der Waals surface area contributed by atoms with Gasteiger partial charge < -0.3 is 9.84 Å². The number of rotatable bonds is 3. The monoisotopic (exact) mass is 314 g/mol. The number of aliphatic hydroxyl groups is 1. The molecule has 23 heavy (non-hydrogen) atoms. The minimum Gasteiger partial charge on any atom is -0.512 e. The predicted molar refractivity (Wildman–Crippen MR) is 86.0 cm³/mol. The lowest BCUT2D eigenvalue weighted by Gasteiger charge is -2.40. The number of aliphatic hydroxyl groups excluding tert-OH is 1. The third kappa shape index (κ3) is 3.03. The molecular formula is C19H22O4. The molecule has 1 heterocycles. The Morgan fingerprint density at radius 3 is 2.57 bits per heavy atom. The number of carbonyl (C=O) groups excluding carboxylic acids is 2. The summed E-state index contributed by atoms with van der Waals surface area (Å²) in [5, 5.41) is 10.6. The van der Waals surface area contributed by atoms with Crippen molar-refractivity contribution in [1.29, 1.82) is 0 Å². The molecule has 0 aromatic heterocycles. The highest BCUT2D eigenvalue weighted by Crippen LogP contribution is 2.43. The van der Waals surface area contributed by atoms with Gasteiger partial charge in [-0.3, -0.25) is 4.79 Å². The Balaban J connectivity index is 1.93. The zero-order chi connectivity index (χ0) is 16.4. The fourth-order valence-corrected chi connectivity index (χ4v) is 3.82. The average Bonchev–Trinajstić information content (AvgIpc) is 2.51. The van der Waals surface area contributed by atoms with Crippen LogP contribution in [0.1, 0.15) is 56.9 Å². The maximum Gasteiger partial charge on any atom is 0.338 e. The smallest absolute Gasteiger partial charge is 0.338 e. The molecule has 0 bridgehead atoms. The van der Waals surface area contributed by atoms with Gasteiger partial charge in [-0.2, -0.15) is 0 Å². The lowest BCUT2D eigenvalue weighted by atomic mass is 9.77. The Morgan fingerprint density at radius 1 is 1.22 bits per heavy atom. The van der Waals surface area contributed by atoms with Crippen LogP contribution in [0.5, 0.6) is 0 Å². The van der Waals surface area contributed by atoms with Crippen molar-refractivity contribution in [3.8, 4) is 0 Å². The van der Waals surface area contributed by atoms with Crippen molar-refractivity contribution in [3.05, 3.63) is 47.2 Å². The van der Waals surface area contributed by atoms with Crippen LogP contribution < -0.4 is 0 Å². The summed E-state index contributed by atoms with van der Waals surface area (Å²) in [7, 11) is 0. The first kappa shape index (κ1) is 15.8. The summed E-state index contributed by atoms with van der Waals surface area (Å²) in [5.41, 5.74) is 0.515. The average molecular weight is 314 g/mol. The second kappa shape index (κ2) is 6.19. The third-order valence-electron chi connectivity index (χ3n) is 4.90. The molecule has 1 saturated carbocycles. The Kier molecular flexibility index (Phi) is 4.24. The highest BCUT2D eigenvalue weighted by Gasteiger charge is 2.46. The number of carbonyl (C=O) groups is 2. The fourth-order valence-electron chi connectivity index (χ4n) is 3.82. The number of hydrogen-bond donors (Lipinski definition) is 1. The molecule has 2 unspecified atom stereocenters. The molecule has 1 aromatic rings. The van der Waals surface area contributed by atoms with Gasteiger partial charge in [-0.25, -0.2) is 4.79 Å². The van der Waals surface area contributed by atoms with Crippen LogP contribution in [0.2, 0.25) is 0 Å². The quantitative estimate of drug-likeness (QED) is 0.861. The van der Waals surface area contributed by atoms with Crippen molar-refractivity contribution >= 4 is 11.8 Å². The van der Waals surface area contributed by atoms with Crippen LogP contribution in [0.15, 0.2) is 41.7 Å². The van der Waals surface area contributed by atoms with Crippen LogP contribution in [0.25, 0.3) is 0 Å². The largest absolute Gasteiger partial charge is 0.512 e. The maximum atomic E-state index is 12.6. The third-order valence-corrected chi connectivity index (χ3v) is 4.90. The minimum absolute atomic E-state index is 0.0895. The van der Waals surface area contributed by atoms with E-state index in [1.807, 2.05) is 37.3 Å². The molecule has 0 saturated heterocycles. The van der Waals surface area contributed by atoms with Crippen LogP contribution in [-0.4, -0.2) is 22.5 Å². The number of ether oxygens (including phenoxy) is 1. The van der Waals surface area contributed by atoms with E-state index < -0.39 is 11.6 Å². The van der Waals surface area contributed by atoms with E-state index in [0.29, 0.717) is 31.3 Å². The second-order valence-corrected chi connectivity index (χ2v) is 6.55. The summed E-state index contributed by atoms with van der Waals surface area (Å²) >= 11 is 0. The summed E-state index contributed by atoms with van der Waals surface area (Å²) in [4.78, 5) is 24.4. The molecule has 4 heteroatoms. The van der Waals surface area contributed by atoms with E-state index in [1.165, 1.54) is 0 Å². The molecule has 2 aliphatic rings. The van der Waals surface area contributed by atoms with Crippen LogP contribution in [0, 0.1) is 0 Å². The van der Waals surface area contributed by atoms with Crippen molar-refractivity contribution < 1.29 is 19.4 Å². The first-order valence-corrected chi connectivity index (χ1v) is 8.26. The molecular weight excluding hydrogens is 292 g/mol. The SMILES string of the molecule is CCC(C1=C(O)CC2(CCCC(=O)C2)OC1=O)c1ccccc1. The van der Waals surface area contributed by atoms with E-state index in [2.05, 4.69) is 0 Å². The molecule has 1 aromatic carbocycles. The molecule has 122 valence electrons. The standard InChI is InChI=1S/C19H22O4/c1-2-15(13-7-4-3-5-8-13)17-16(21)12-19(23-18(17)22)10-6-9-14(20)11-19/h3-5,7-8,15,21H,2,6,9-12H2,1H3.